The van der Waals surface area contributed by atoms with E-state index in [0.29, 0.717) is 6.61 Å². The Morgan fingerprint density at radius 2 is 2.00 bits per heavy atom. The first-order chi connectivity index (χ1) is 9.00. The number of morpholine rings is 1. The van der Waals surface area contributed by atoms with E-state index >= 15 is 0 Å². The van der Waals surface area contributed by atoms with Gasteiger partial charge in [-0.1, -0.05) is 38.1 Å². The van der Waals surface area contributed by atoms with Crippen LogP contribution in [-0.4, -0.2) is 25.8 Å². The lowest BCUT2D eigenvalue weighted by Crippen LogP contribution is -2.42. The van der Waals surface area contributed by atoms with Crippen LogP contribution in [0.25, 0.3) is 0 Å². The molecule has 0 bridgehead atoms. The smallest absolute Gasteiger partial charge is 0.275 e. The second-order valence-electron chi connectivity index (χ2n) is 5.40. The lowest BCUT2D eigenvalue weighted by molar-refractivity contribution is -0.0513. The van der Waals surface area contributed by atoms with Crippen molar-refractivity contribution in [2.24, 2.45) is 5.92 Å². The minimum absolute atomic E-state index is 0.0964. The first-order valence-electron chi connectivity index (χ1n) is 6.78. The maximum atomic E-state index is 13.8. The van der Waals surface area contributed by atoms with Gasteiger partial charge in [0.05, 0.1) is 13.2 Å². The predicted octanol–water partition coefficient (Wildman–Crippen LogP) is 2.97. The molecule has 2 nitrogen and oxygen atoms in total. The number of nitrogens with one attached hydrogen (secondary N) is 1. The number of benzene rings is 1. The fourth-order valence-electron chi connectivity index (χ4n) is 2.23. The molecule has 1 unspecified atom stereocenters. The van der Waals surface area contributed by atoms with Gasteiger partial charge in [0.25, 0.3) is 5.92 Å². The van der Waals surface area contributed by atoms with Crippen LogP contribution in [0.3, 0.4) is 0 Å². The molecule has 1 aromatic carbocycles. The molecule has 4 heteroatoms. The topological polar surface area (TPSA) is 21.3 Å². The largest absolute Gasteiger partial charge is 0.379 e. The van der Waals surface area contributed by atoms with Crippen molar-refractivity contribution < 1.29 is 13.5 Å². The van der Waals surface area contributed by atoms with E-state index in [0.717, 1.165) is 25.1 Å². The van der Waals surface area contributed by atoms with Crippen molar-refractivity contribution in [3.8, 4) is 0 Å². The lowest BCUT2D eigenvalue weighted by Gasteiger charge is -2.24. The standard InChI is InChI=1S/C15H21F2NO/c1-11(2)15(16,17)13-5-3-12(4-6-13)9-14-10-19-8-7-18-14/h3-6,11,14,18H,7-10H2,1-2H3. The molecule has 0 radical (unpaired) electrons. The molecule has 0 saturated carbocycles. The Morgan fingerprint density at radius 3 is 2.53 bits per heavy atom. The highest BCUT2D eigenvalue weighted by Crippen LogP contribution is 2.35. The lowest BCUT2D eigenvalue weighted by atomic mass is 9.95. The summed E-state index contributed by atoms with van der Waals surface area (Å²) < 4.78 is 33.1. The Kier molecular flexibility index (Phi) is 4.53. The van der Waals surface area contributed by atoms with Gasteiger partial charge in [-0.25, -0.2) is 8.78 Å². The van der Waals surface area contributed by atoms with Crippen molar-refractivity contribution in [3.63, 3.8) is 0 Å². The van der Waals surface area contributed by atoms with Gasteiger partial charge >= 0.3 is 0 Å². The zero-order valence-electron chi connectivity index (χ0n) is 11.5. The molecule has 19 heavy (non-hydrogen) atoms. The number of rotatable bonds is 4. The van der Waals surface area contributed by atoms with Crippen LogP contribution in [0, 0.1) is 5.92 Å². The molecule has 0 spiro atoms. The summed E-state index contributed by atoms with van der Waals surface area (Å²) in [5, 5.41) is 3.36. The molecule has 0 amide bonds. The predicted molar refractivity (Wildman–Crippen MR) is 71.5 cm³/mol. The van der Waals surface area contributed by atoms with Gasteiger partial charge in [0.2, 0.25) is 0 Å². The number of hydrogen-bond donors (Lipinski definition) is 1. The molecule has 1 fully saturated rings. The van der Waals surface area contributed by atoms with E-state index < -0.39 is 11.8 Å². The number of hydrogen-bond acceptors (Lipinski definition) is 2. The number of ether oxygens (including phenoxy) is 1. The summed E-state index contributed by atoms with van der Waals surface area (Å²) in [5.74, 6) is -3.45. The molecule has 1 aromatic rings. The SMILES string of the molecule is CC(C)C(F)(F)c1ccc(CC2COCCN2)cc1. The highest BCUT2D eigenvalue weighted by Gasteiger charge is 2.35. The Morgan fingerprint density at radius 1 is 1.32 bits per heavy atom. The van der Waals surface area contributed by atoms with Crippen molar-refractivity contribution in [1.82, 2.24) is 5.32 Å². The first kappa shape index (κ1) is 14.4. The Labute approximate surface area is 113 Å². The summed E-state index contributed by atoms with van der Waals surface area (Å²) in [7, 11) is 0. The fraction of sp³-hybridized carbons (Fsp3) is 0.600. The fourth-order valence-corrected chi connectivity index (χ4v) is 2.23. The Hall–Kier alpha value is -1.00. The molecule has 1 aliphatic heterocycles. The van der Waals surface area contributed by atoms with Crippen LogP contribution in [0.15, 0.2) is 24.3 Å². The van der Waals surface area contributed by atoms with E-state index in [4.69, 9.17) is 4.74 Å². The van der Waals surface area contributed by atoms with Gasteiger partial charge in [0, 0.05) is 24.1 Å². The summed E-state index contributed by atoms with van der Waals surface area (Å²) in [5.41, 5.74) is 1.16. The van der Waals surface area contributed by atoms with Gasteiger partial charge < -0.3 is 10.1 Å². The van der Waals surface area contributed by atoms with Crippen LogP contribution in [0.1, 0.15) is 25.0 Å². The van der Waals surface area contributed by atoms with Crippen molar-refractivity contribution in [1.29, 1.82) is 0 Å². The molecule has 0 aromatic heterocycles. The molecule has 1 N–H and O–H groups in total. The third kappa shape index (κ3) is 3.51. The van der Waals surface area contributed by atoms with E-state index in [2.05, 4.69) is 5.32 Å². The third-order valence-electron chi connectivity index (χ3n) is 3.54. The Bertz CT molecular complexity index is 397. The molecule has 0 aliphatic carbocycles. The van der Waals surface area contributed by atoms with Gasteiger partial charge in [-0.15, -0.1) is 0 Å². The number of alkyl halides is 2. The molecule has 106 valence electrons. The normalized spacial score (nSPS) is 20.8. The molecule has 1 heterocycles. The van der Waals surface area contributed by atoms with Gasteiger partial charge in [-0.05, 0) is 12.0 Å². The van der Waals surface area contributed by atoms with E-state index in [1.807, 2.05) is 0 Å². The molecule has 2 rings (SSSR count). The Balaban J connectivity index is 2.02. The van der Waals surface area contributed by atoms with Gasteiger partial charge in [0.15, 0.2) is 0 Å². The summed E-state index contributed by atoms with van der Waals surface area (Å²) in [4.78, 5) is 0. The second-order valence-corrected chi connectivity index (χ2v) is 5.40. The molecular formula is C15H21F2NO. The van der Waals surface area contributed by atoms with Gasteiger partial charge in [-0.3, -0.25) is 0 Å². The van der Waals surface area contributed by atoms with Crippen molar-refractivity contribution in [2.75, 3.05) is 19.8 Å². The monoisotopic (exact) mass is 269 g/mol. The van der Waals surface area contributed by atoms with Gasteiger partial charge in [0.1, 0.15) is 0 Å². The van der Waals surface area contributed by atoms with E-state index in [-0.39, 0.29) is 11.6 Å². The van der Waals surface area contributed by atoms with Crippen LogP contribution in [0.5, 0.6) is 0 Å². The summed E-state index contributed by atoms with van der Waals surface area (Å²) in [6.07, 6.45) is 0.813. The molecule has 1 aliphatic rings. The van der Waals surface area contributed by atoms with Crippen LogP contribution in [0.4, 0.5) is 8.78 Å². The zero-order chi connectivity index (χ0) is 13.9. The average Bonchev–Trinajstić information content (AvgIpc) is 2.40. The molecule has 1 saturated heterocycles. The van der Waals surface area contributed by atoms with Crippen LogP contribution >= 0.6 is 0 Å². The molecule has 1 atom stereocenters. The van der Waals surface area contributed by atoms with Crippen LogP contribution in [0.2, 0.25) is 0 Å². The summed E-state index contributed by atoms with van der Waals surface area (Å²) in [6.45, 7) is 5.36. The molecular weight excluding hydrogens is 248 g/mol. The summed E-state index contributed by atoms with van der Waals surface area (Å²) in [6, 6.07) is 6.95. The van der Waals surface area contributed by atoms with Crippen LogP contribution in [-0.2, 0) is 17.1 Å². The highest BCUT2D eigenvalue weighted by molar-refractivity contribution is 5.26. The minimum Gasteiger partial charge on any atom is -0.379 e. The second kappa shape index (κ2) is 5.97. The first-order valence-corrected chi connectivity index (χ1v) is 6.78. The van der Waals surface area contributed by atoms with E-state index in [1.165, 1.54) is 13.8 Å². The van der Waals surface area contributed by atoms with Crippen molar-refractivity contribution in [3.05, 3.63) is 35.4 Å². The van der Waals surface area contributed by atoms with Crippen molar-refractivity contribution >= 4 is 0 Å². The quantitative estimate of drug-likeness (QED) is 0.907. The third-order valence-corrected chi connectivity index (χ3v) is 3.54. The van der Waals surface area contributed by atoms with Crippen LogP contribution < -0.4 is 5.32 Å². The number of halogens is 2. The van der Waals surface area contributed by atoms with Crippen molar-refractivity contribution in [2.45, 2.75) is 32.2 Å². The average molecular weight is 269 g/mol. The maximum absolute atomic E-state index is 13.8. The zero-order valence-corrected chi connectivity index (χ0v) is 11.5. The summed E-state index contributed by atoms with van der Waals surface area (Å²) >= 11 is 0. The highest BCUT2D eigenvalue weighted by atomic mass is 19.3. The maximum Gasteiger partial charge on any atom is 0.275 e. The van der Waals surface area contributed by atoms with E-state index in [9.17, 15) is 8.78 Å². The van der Waals surface area contributed by atoms with Gasteiger partial charge in [-0.2, -0.15) is 0 Å². The van der Waals surface area contributed by atoms with E-state index in [1.54, 1.807) is 24.3 Å². The minimum atomic E-state index is -2.76.